The van der Waals surface area contributed by atoms with Crippen molar-refractivity contribution < 1.29 is 9.53 Å². The number of nitrogens with zero attached hydrogens (tertiary/aromatic N) is 2. The molecule has 0 aliphatic heterocycles. The summed E-state index contributed by atoms with van der Waals surface area (Å²) >= 11 is 3.06. The zero-order chi connectivity index (χ0) is 17.9. The van der Waals surface area contributed by atoms with Crippen LogP contribution in [-0.2, 0) is 6.61 Å². The first-order valence-corrected chi connectivity index (χ1v) is 9.68. The van der Waals surface area contributed by atoms with Crippen molar-refractivity contribution in [2.75, 3.05) is 5.32 Å². The first-order valence-electron chi connectivity index (χ1n) is 7.98. The van der Waals surface area contributed by atoms with Crippen LogP contribution in [0.4, 0.5) is 5.13 Å². The Morgan fingerprint density at radius 2 is 1.92 bits per heavy atom. The van der Waals surface area contributed by atoms with E-state index in [0.717, 1.165) is 20.9 Å². The molecule has 1 N–H and O–H groups in total. The molecule has 26 heavy (non-hydrogen) atoms. The summed E-state index contributed by atoms with van der Waals surface area (Å²) in [4.78, 5) is 21.2. The molecule has 4 aromatic rings. The van der Waals surface area contributed by atoms with Gasteiger partial charge in [-0.2, -0.15) is 0 Å². The van der Waals surface area contributed by atoms with Crippen LogP contribution in [0.2, 0.25) is 0 Å². The van der Waals surface area contributed by atoms with Crippen LogP contribution < -0.4 is 10.1 Å². The number of hydrogen-bond donors (Lipinski definition) is 1. The van der Waals surface area contributed by atoms with E-state index >= 15 is 0 Å². The Bertz CT molecular complexity index is 1020. The van der Waals surface area contributed by atoms with Crippen LogP contribution in [0.5, 0.6) is 5.75 Å². The van der Waals surface area contributed by atoms with E-state index in [4.69, 9.17) is 4.74 Å². The van der Waals surface area contributed by atoms with Gasteiger partial charge in [0.15, 0.2) is 5.13 Å². The van der Waals surface area contributed by atoms with Crippen molar-refractivity contribution in [1.29, 1.82) is 0 Å². The maximum atomic E-state index is 12.4. The van der Waals surface area contributed by atoms with E-state index in [9.17, 15) is 4.79 Å². The molecular weight excluding hydrogens is 366 g/mol. The molecule has 0 bridgehead atoms. The van der Waals surface area contributed by atoms with E-state index in [2.05, 4.69) is 15.3 Å². The minimum Gasteiger partial charge on any atom is -0.487 e. The number of hydrogen-bond acceptors (Lipinski definition) is 6. The first-order chi connectivity index (χ1) is 12.7. The van der Waals surface area contributed by atoms with Gasteiger partial charge >= 0.3 is 0 Å². The predicted octanol–water partition coefficient (Wildman–Crippen LogP) is 4.89. The number of rotatable bonds is 5. The second-order valence-electron chi connectivity index (χ2n) is 5.61. The number of aromatic nitrogens is 2. The molecule has 2 aromatic carbocycles. The number of amides is 1. The molecule has 0 saturated carbocycles. The van der Waals surface area contributed by atoms with E-state index in [-0.39, 0.29) is 5.91 Å². The smallest absolute Gasteiger partial charge is 0.257 e. The minimum atomic E-state index is -0.189. The lowest BCUT2D eigenvalue weighted by Gasteiger charge is -2.06. The molecule has 0 aliphatic carbocycles. The maximum absolute atomic E-state index is 12.4. The van der Waals surface area contributed by atoms with Gasteiger partial charge < -0.3 is 4.74 Å². The molecule has 1 amide bonds. The minimum absolute atomic E-state index is 0.189. The fourth-order valence-electron chi connectivity index (χ4n) is 2.43. The molecule has 0 atom stereocenters. The normalized spacial score (nSPS) is 10.8. The van der Waals surface area contributed by atoms with Crippen LogP contribution in [0.3, 0.4) is 0 Å². The van der Waals surface area contributed by atoms with Crippen LogP contribution in [0.1, 0.15) is 21.1 Å². The predicted molar refractivity (Wildman–Crippen MR) is 105 cm³/mol. The molecule has 0 spiro atoms. The van der Waals surface area contributed by atoms with Crippen LogP contribution in [0, 0.1) is 6.92 Å². The quantitative estimate of drug-likeness (QED) is 0.534. The fraction of sp³-hybridized carbons (Fsp3) is 0.105. The molecule has 130 valence electrons. The van der Waals surface area contributed by atoms with Crippen LogP contribution >= 0.6 is 22.7 Å². The highest BCUT2D eigenvalue weighted by molar-refractivity contribution is 7.22. The van der Waals surface area contributed by atoms with Crippen molar-refractivity contribution in [3.05, 3.63) is 70.2 Å². The summed E-state index contributed by atoms with van der Waals surface area (Å²) in [6, 6.07) is 14.8. The molecule has 4 rings (SSSR count). The van der Waals surface area contributed by atoms with E-state index in [1.54, 1.807) is 35.6 Å². The van der Waals surface area contributed by atoms with Gasteiger partial charge in [0.05, 0.1) is 20.9 Å². The highest BCUT2D eigenvalue weighted by atomic mass is 32.1. The van der Waals surface area contributed by atoms with Crippen molar-refractivity contribution >= 4 is 43.9 Å². The highest BCUT2D eigenvalue weighted by Crippen LogP contribution is 2.26. The van der Waals surface area contributed by atoms with Crippen molar-refractivity contribution in [3.8, 4) is 5.75 Å². The van der Waals surface area contributed by atoms with E-state index in [0.29, 0.717) is 23.1 Å². The van der Waals surface area contributed by atoms with Gasteiger partial charge in [0.25, 0.3) is 5.91 Å². The van der Waals surface area contributed by atoms with Gasteiger partial charge in [-0.3, -0.25) is 10.1 Å². The van der Waals surface area contributed by atoms with Crippen LogP contribution in [-0.4, -0.2) is 15.9 Å². The highest BCUT2D eigenvalue weighted by Gasteiger charge is 2.10. The number of carbonyl (C=O) groups excluding carboxylic acids is 1. The van der Waals surface area contributed by atoms with Crippen molar-refractivity contribution in [1.82, 2.24) is 9.97 Å². The van der Waals surface area contributed by atoms with Gasteiger partial charge in [-0.1, -0.05) is 23.5 Å². The molecule has 0 fully saturated rings. The second kappa shape index (κ2) is 7.23. The number of para-hydroxylation sites is 1. The van der Waals surface area contributed by atoms with Gasteiger partial charge in [0.1, 0.15) is 12.4 Å². The standard InChI is InChI=1S/C19H15N3O2S2/c1-12-20-14(11-25-12)10-24-15-8-6-13(7-9-15)18(23)22-19-21-16-4-2-3-5-17(16)26-19/h2-9,11H,10H2,1H3,(H,21,22,23). The number of aryl methyl sites for hydroxylation is 1. The second-order valence-corrected chi connectivity index (χ2v) is 7.70. The Hall–Kier alpha value is -2.77. The Labute approximate surface area is 158 Å². The van der Waals surface area contributed by atoms with Gasteiger partial charge in [0.2, 0.25) is 0 Å². The average molecular weight is 381 g/mol. The van der Waals surface area contributed by atoms with Crippen LogP contribution in [0.15, 0.2) is 53.9 Å². The number of fused-ring (bicyclic) bond motifs is 1. The molecule has 0 aliphatic rings. The molecule has 7 heteroatoms. The topological polar surface area (TPSA) is 64.1 Å². The lowest BCUT2D eigenvalue weighted by Crippen LogP contribution is -2.11. The Morgan fingerprint density at radius 1 is 1.12 bits per heavy atom. The zero-order valence-electron chi connectivity index (χ0n) is 13.9. The lowest BCUT2D eigenvalue weighted by molar-refractivity contribution is 0.102. The summed E-state index contributed by atoms with van der Waals surface area (Å²) in [6.07, 6.45) is 0. The van der Waals surface area contributed by atoms with Gasteiger partial charge in [-0.25, -0.2) is 9.97 Å². The third kappa shape index (κ3) is 3.74. The van der Waals surface area contributed by atoms with Crippen molar-refractivity contribution in [2.45, 2.75) is 13.5 Å². The van der Waals surface area contributed by atoms with E-state index < -0.39 is 0 Å². The van der Waals surface area contributed by atoms with Gasteiger partial charge in [-0.15, -0.1) is 11.3 Å². The SMILES string of the molecule is Cc1nc(COc2ccc(C(=O)Nc3nc4ccccc4s3)cc2)cs1. The third-order valence-corrected chi connectivity index (χ3v) is 5.46. The Kier molecular flexibility index (Phi) is 4.64. The first kappa shape index (κ1) is 16.7. The monoisotopic (exact) mass is 381 g/mol. The summed E-state index contributed by atoms with van der Waals surface area (Å²) in [5, 5.41) is 6.44. The van der Waals surface area contributed by atoms with Crippen molar-refractivity contribution in [2.24, 2.45) is 0 Å². The third-order valence-electron chi connectivity index (χ3n) is 3.68. The number of carbonyl (C=O) groups is 1. The number of benzene rings is 2. The summed E-state index contributed by atoms with van der Waals surface area (Å²) in [5.41, 5.74) is 2.35. The molecule has 2 aromatic heterocycles. The van der Waals surface area contributed by atoms with E-state index in [1.807, 2.05) is 36.6 Å². The number of thiazole rings is 2. The average Bonchev–Trinajstić information content (AvgIpc) is 3.25. The summed E-state index contributed by atoms with van der Waals surface area (Å²) in [6.45, 7) is 2.38. The summed E-state index contributed by atoms with van der Waals surface area (Å²) in [7, 11) is 0. The molecule has 5 nitrogen and oxygen atoms in total. The van der Waals surface area contributed by atoms with Crippen LogP contribution in [0.25, 0.3) is 10.2 Å². The Balaban J connectivity index is 1.40. The van der Waals surface area contributed by atoms with Gasteiger partial charge in [-0.05, 0) is 43.3 Å². The Morgan fingerprint density at radius 3 is 2.65 bits per heavy atom. The fourth-order valence-corrected chi connectivity index (χ4v) is 3.89. The summed E-state index contributed by atoms with van der Waals surface area (Å²) < 4.78 is 6.75. The summed E-state index contributed by atoms with van der Waals surface area (Å²) in [5.74, 6) is 0.512. The number of ether oxygens (including phenoxy) is 1. The largest absolute Gasteiger partial charge is 0.487 e. The zero-order valence-corrected chi connectivity index (χ0v) is 15.6. The molecule has 0 unspecified atom stereocenters. The molecule has 2 heterocycles. The maximum Gasteiger partial charge on any atom is 0.257 e. The molecular formula is C19H15N3O2S2. The van der Waals surface area contributed by atoms with Gasteiger partial charge in [0, 0.05) is 10.9 Å². The molecule has 0 radical (unpaired) electrons. The van der Waals surface area contributed by atoms with E-state index in [1.165, 1.54) is 11.3 Å². The number of anilines is 1. The van der Waals surface area contributed by atoms with Crippen molar-refractivity contribution in [3.63, 3.8) is 0 Å². The molecule has 0 saturated heterocycles. The number of nitrogens with one attached hydrogen (secondary N) is 1. The lowest BCUT2D eigenvalue weighted by atomic mass is 10.2.